The molecular weight excluding hydrogens is 235 g/mol. The number of hydrogen-bond acceptors (Lipinski definition) is 2. The molecule has 1 aromatic rings. The number of benzene rings is 1. The molecule has 0 heterocycles. The van der Waals surface area contributed by atoms with Crippen molar-refractivity contribution in [2.24, 2.45) is 0 Å². The van der Waals surface area contributed by atoms with Crippen molar-refractivity contribution < 1.29 is 4.79 Å². The maximum Gasteiger partial charge on any atom is 0.218 e. The molecule has 78 valence electrons. The van der Waals surface area contributed by atoms with Gasteiger partial charge >= 0.3 is 0 Å². The summed E-state index contributed by atoms with van der Waals surface area (Å²) in [6.07, 6.45) is 0. The van der Waals surface area contributed by atoms with E-state index in [0.29, 0.717) is 15.6 Å². The number of nitrogens with one attached hydrogen (secondary N) is 1. The van der Waals surface area contributed by atoms with Crippen molar-refractivity contribution >= 4 is 29.1 Å². The van der Waals surface area contributed by atoms with E-state index < -0.39 is 6.04 Å². The largest absolute Gasteiger partial charge is 0.337 e. The van der Waals surface area contributed by atoms with Gasteiger partial charge in [-0.25, -0.2) is 0 Å². The van der Waals surface area contributed by atoms with Crippen LogP contribution in [0.2, 0.25) is 10.0 Å². The van der Waals surface area contributed by atoms with E-state index in [0.717, 1.165) is 0 Å². The lowest BCUT2D eigenvalue weighted by molar-refractivity contribution is -0.119. The first-order valence-electron chi connectivity index (χ1n) is 4.16. The molecule has 3 nitrogen and oxygen atoms in total. The number of hydrogen-bond donors (Lipinski definition) is 1. The summed E-state index contributed by atoms with van der Waals surface area (Å²) in [6.45, 7) is 1.34. The van der Waals surface area contributed by atoms with Crippen LogP contribution in [0.5, 0.6) is 0 Å². The van der Waals surface area contributed by atoms with Gasteiger partial charge in [0.25, 0.3) is 0 Å². The quantitative estimate of drug-likeness (QED) is 0.868. The van der Waals surface area contributed by atoms with Crippen molar-refractivity contribution in [3.63, 3.8) is 0 Å². The van der Waals surface area contributed by atoms with Gasteiger partial charge in [-0.3, -0.25) is 4.79 Å². The number of nitrogens with zero attached hydrogens (tertiary/aromatic N) is 1. The first kappa shape index (κ1) is 11.8. The highest BCUT2D eigenvalue weighted by molar-refractivity contribution is 6.35. The lowest BCUT2D eigenvalue weighted by atomic mass is 10.1. The van der Waals surface area contributed by atoms with Gasteiger partial charge in [0.15, 0.2) is 0 Å². The van der Waals surface area contributed by atoms with Gasteiger partial charge in [-0.1, -0.05) is 29.3 Å². The lowest BCUT2D eigenvalue weighted by Gasteiger charge is -2.11. The number of amides is 1. The molecule has 0 saturated carbocycles. The molecule has 0 bridgehead atoms. The Bertz CT molecular complexity index is 426. The van der Waals surface area contributed by atoms with E-state index in [4.69, 9.17) is 28.5 Å². The molecule has 1 N–H and O–H groups in total. The molecule has 0 aliphatic heterocycles. The summed E-state index contributed by atoms with van der Waals surface area (Å²) in [5.74, 6) is -0.285. The van der Waals surface area contributed by atoms with Crippen LogP contribution < -0.4 is 5.32 Å². The van der Waals surface area contributed by atoms with Gasteiger partial charge < -0.3 is 5.32 Å². The van der Waals surface area contributed by atoms with Gasteiger partial charge in [-0.05, 0) is 12.1 Å². The molecule has 0 aliphatic rings. The third-order valence-electron chi connectivity index (χ3n) is 1.75. The minimum absolute atomic E-state index is 0.285. The molecule has 0 saturated heterocycles. The second-order valence-electron chi connectivity index (χ2n) is 2.93. The number of carbonyl (C=O) groups excluding carboxylic acids is 1. The predicted octanol–water partition coefficient (Wildman–Crippen LogP) is 2.69. The summed E-state index contributed by atoms with van der Waals surface area (Å²) < 4.78 is 0. The molecule has 1 amide bonds. The standard InChI is InChI=1S/C10H8Cl2N2O/c1-6(15)14-10(5-13)8-3-2-7(11)4-9(8)12/h2-4,10H,1H3,(H,14,15). The number of halogens is 2. The zero-order valence-corrected chi connectivity index (χ0v) is 9.43. The zero-order chi connectivity index (χ0) is 11.4. The number of rotatable bonds is 2. The molecule has 1 atom stereocenters. The molecule has 1 unspecified atom stereocenters. The highest BCUT2D eigenvalue weighted by atomic mass is 35.5. The van der Waals surface area contributed by atoms with E-state index >= 15 is 0 Å². The SMILES string of the molecule is CC(=O)NC(C#N)c1ccc(Cl)cc1Cl. The molecule has 0 aliphatic carbocycles. The highest BCUT2D eigenvalue weighted by Crippen LogP contribution is 2.25. The van der Waals surface area contributed by atoms with Crippen LogP contribution in [0.15, 0.2) is 18.2 Å². The first-order valence-corrected chi connectivity index (χ1v) is 4.92. The van der Waals surface area contributed by atoms with Crippen LogP contribution >= 0.6 is 23.2 Å². The fourth-order valence-electron chi connectivity index (χ4n) is 1.12. The Morgan fingerprint density at radius 2 is 2.20 bits per heavy atom. The van der Waals surface area contributed by atoms with Crippen molar-refractivity contribution in [3.8, 4) is 6.07 Å². The zero-order valence-electron chi connectivity index (χ0n) is 7.92. The fourth-order valence-corrected chi connectivity index (χ4v) is 1.64. The van der Waals surface area contributed by atoms with Crippen molar-refractivity contribution in [1.82, 2.24) is 5.32 Å². The van der Waals surface area contributed by atoms with E-state index in [2.05, 4.69) is 5.32 Å². The molecule has 5 heteroatoms. The predicted molar refractivity (Wildman–Crippen MR) is 58.6 cm³/mol. The lowest BCUT2D eigenvalue weighted by Crippen LogP contribution is -2.24. The van der Waals surface area contributed by atoms with Gasteiger partial charge in [0.05, 0.1) is 6.07 Å². The summed E-state index contributed by atoms with van der Waals surface area (Å²) in [5.41, 5.74) is 0.541. The Morgan fingerprint density at radius 1 is 1.53 bits per heavy atom. The Balaban J connectivity index is 3.03. The summed E-state index contributed by atoms with van der Waals surface area (Å²) in [6, 6.07) is 5.98. The van der Waals surface area contributed by atoms with E-state index in [9.17, 15) is 4.79 Å². The van der Waals surface area contributed by atoms with Crippen molar-refractivity contribution in [2.45, 2.75) is 13.0 Å². The topological polar surface area (TPSA) is 52.9 Å². The summed E-state index contributed by atoms with van der Waals surface area (Å²) in [7, 11) is 0. The van der Waals surface area contributed by atoms with Crippen LogP contribution in [0.25, 0.3) is 0 Å². The Labute approximate surface area is 97.6 Å². The maximum absolute atomic E-state index is 10.8. The van der Waals surface area contributed by atoms with Gasteiger partial charge in [0.1, 0.15) is 6.04 Å². The molecule has 0 aromatic heterocycles. The van der Waals surface area contributed by atoms with Crippen LogP contribution in [0.3, 0.4) is 0 Å². The molecule has 1 aromatic carbocycles. The summed E-state index contributed by atoms with van der Waals surface area (Å²) in [5, 5.41) is 12.2. The number of nitriles is 1. The van der Waals surface area contributed by atoms with Gasteiger partial charge in [-0.2, -0.15) is 5.26 Å². The average molecular weight is 243 g/mol. The van der Waals surface area contributed by atoms with Gasteiger partial charge in [0, 0.05) is 22.5 Å². The average Bonchev–Trinajstić information content (AvgIpc) is 2.14. The van der Waals surface area contributed by atoms with Crippen molar-refractivity contribution in [2.75, 3.05) is 0 Å². The third-order valence-corrected chi connectivity index (χ3v) is 2.31. The monoisotopic (exact) mass is 242 g/mol. The van der Waals surface area contributed by atoms with Crippen molar-refractivity contribution in [3.05, 3.63) is 33.8 Å². The van der Waals surface area contributed by atoms with Gasteiger partial charge in [-0.15, -0.1) is 0 Å². The highest BCUT2D eigenvalue weighted by Gasteiger charge is 2.14. The molecule has 0 spiro atoms. The van der Waals surface area contributed by atoms with Gasteiger partial charge in [0.2, 0.25) is 5.91 Å². The summed E-state index contributed by atoms with van der Waals surface area (Å²) >= 11 is 11.6. The second kappa shape index (κ2) is 5.01. The van der Waals surface area contributed by atoms with Crippen LogP contribution in [0.4, 0.5) is 0 Å². The fraction of sp³-hybridized carbons (Fsp3) is 0.200. The Kier molecular flexibility index (Phi) is 3.96. The maximum atomic E-state index is 10.8. The van der Waals surface area contributed by atoms with E-state index in [1.807, 2.05) is 6.07 Å². The molecule has 1 rings (SSSR count). The minimum Gasteiger partial charge on any atom is -0.337 e. The van der Waals surface area contributed by atoms with Crippen LogP contribution in [0.1, 0.15) is 18.5 Å². The second-order valence-corrected chi connectivity index (χ2v) is 3.77. The van der Waals surface area contributed by atoms with E-state index in [1.54, 1.807) is 12.1 Å². The minimum atomic E-state index is -0.743. The Hall–Kier alpha value is -1.24. The van der Waals surface area contributed by atoms with Crippen LogP contribution in [-0.4, -0.2) is 5.91 Å². The molecular formula is C10H8Cl2N2O. The van der Waals surface area contributed by atoms with E-state index in [-0.39, 0.29) is 5.91 Å². The molecule has 0 fully saturated rings. The van der Waals surface area contributed by atoms with E-state index in [1.165, 1.54) is 13.0 Å². The molecule has 0 radical (unpaired) electrons. The first-order chi connectivity index (χ1) is 7.04. The summed E-state index contributed by atoms with van der Waals surface area (Å²) in [4.78, 5) is 10.8. The number of carbonyl (C=O) groups is 1. The van der Waals surface area contributed by atoms with Crippen LogP contribution in [0, 0.1) is 11.3 Å². The molecule has 15 heavy (non-hydrogen) atoms. The third kappa shape index (κ3) is 3.12. The Morgan fingerprint density at radius 3 is 2.67 bits per heavy atom. The van der Waals surface area contributed by atoms with Crippen LogP contribution in [-0.2, 0) is 4.79 Å². The normalized spacial score (nSPS) is 11.6. The smallest absolute Gasteiger partial charge is 0.218 e. The van der Waals surface area contributed by atoms with Crippen molar-refractivity contribution in [1.29, 1.82) is 5.26 Å².